The highest BCUT2D eigenvalue weighted by atomic mass is 16.5. The predicted molar refractivity (Wildman–Crippen MR) is 79.3 cm³/mol. The zero-order valence-electron chi connectivity index (χ0n) is 13.1. The molecule has 1 aliphatic heterocycles. The summed E-state index contributed by atoms with van der Waals surface area (Å²) in [4.78, 5) is 12.3. The quantitative estimate of drug-likeness (QED) is 0.896. The summed E-state index contributed by atoms with van der Waals surface area (Å²) in [6.45, 7) is 5.05. The van der Waals surface area contributed by atoms with Crippen LogP contribution in [0.15, 0.2) is 4.52 Å². The van der Waals surface area contributed by atoms with Crippen LogP contribution in [0.3, 0.4) is 0 Å². The van der Waals surface area contributed by atoms with E-state index >= 15 is 0 Å². The first-order valence-corrected chi connectivity index (χ1v) is 8.19. The van der Waals surface area contributed by atoms with Crippen LogP contribution in [0.5, 0.6) is 0 Å². The summed E-state index contributed by atoms with van der Waals surface area (Å²) in [6.07, 6.45) is 5.08. The minimum atomic E-state index is -0.0957. The van der Waals surface area contributed by atoms with E-state index < -0.39 is 0 Å². The maximum Gasteiger partial charge on any atom is 0.315 e. The van der Waals surface area contributed by atoms with Crippen molar-refractivity contribution in [1.82, 2.24) is 15.8 Å². The average molecular weight is 305 g/mol. The van der Waals surface area contributed by atoms with E-state index in [0.717, 1.165) is 30.0 Å². The Labute approximate surface area is 129 Å². The first-order chi connectivity index (χ1) is 10.6. The van der Waals surface area contributed by atoms with Gasteiger partial charge in [0.25, 0.3) is 0 Å². The van der Waals surface area contributed by atoms with Crippen LogP contribution in [-0.2, 0) is 11.3 Å². The zero-order valence-corrected chi connectivity index (χ0v) is 13.1. The lowest BCUT2D eigenvalue weighted by molar-refractivity contribution is -0.172. The Morgan fingerprint density at radius 2 is 2.23 bits per heavy atom. The summed E-state index contributed by atoms with van der Waals surface area (Å²) in [7, 11) is 0. The van der Waals surface area contributed by atoms with Gasteiger partial charge in [0, 0.05) is 36.1 Å². The summed E-state index contributed by atoms with van der Waals surface area (Å²) < 4.78 is 11.0. The van der Waals surface area contributed by atoms with Crippen LogP contribution in [0.1, 0.15) is 42.7 Å². The molecule has 3 aliphatic rings. The van der Waals surface area contributed by atoms with E-state index in [4.69, 9.17) is 9.26 Å². The molecule has 120 valence electrons. The second kappa shape index (κ2) is 4.98. The Hall–Kier alpha value is -1.56. The van der Waals surface area contributed by atoms with Gasteiger partial charge in [-0.2, -0.15) is 0 Å². The predicted octanol–water partition coefficient (Wildman–Crippen LogP) is 2.05. The minimum absolute atomic E-state index is 0.0957. The first-order valence-electron chi connectivity index (χ1n) is 8.19. The number of ether oxygens (including phenoxy) is 1. The van der Waals surface area contributed by atoms with Crippen molar-refractivity contribution in [3.8, 4) is 0 Å². The Morgan fingerprint density at radius 1 is 1.41 bits per heavy atom. The smallest absolute Gasteiger partial charge is 0.315 e. The Morgan fingerprint density at radius 3 is 2.86 bits per heavy atom. The summed E-state index contributed by atoms with van der Waals surface area (Å²) in [5.74, 6) is 1.27. The molecule has 1 aromatic rings. The minimum Gasteiger partial charge on any atom is -0.377 e. The molecule has 4 rings (SSSR count). The Kier molecular flexibility index (Phi) is 3.18. The van der Waals surface area contributed by atoms with Crippen molar-refractivity contribution in [3.05, 3.63) is 17.0 Å². The number of nitrogens with zero attached hydrogens (tertiary/aromatic N) is 1. The van der Waals surface area contributed by atoms with E-state index in [-0.39, 0.29) is 17.5 Å². The van der Waals surface area contributed by atoms with Crippen molar-refractivity contribution in [2.24, 2.45) is 11.3 Å². The van der Waals surface area contributed by atoms with Crippen molar-refractivity contribution in [2.45, 2.75) is 58.2 Å². The molecule has 0 aromatic carbocycles. The first kappa shape index (κ1) is 14.1. The molecule has 0 bridgehead atoms. The molecule has 2 amide bonds. The van der Waals surface area contributed by atoms with Gasteiger partial charge >= 0.3 is 6.03 Å². The SMILES string of the molecule is Cc1noc(C)c1CNC(=O)N[C@@H]1[C@H]2CCO[C@H]2C12CCC2. The molecule has 2 heterocycles. The number of fused-ring (bicyclic) bond motifs is 2. The second-order valence-corrected chi connectivity index (χ2v) is 6.94. The van der Waals surface area contributed by atoms with E-state index in [1.165, 1.54) is 19.3 Å². The summed E-state index contributed by atoms with van der Waals surface area (Å²) in [5, 5.41) is 10.0. The molecule has 3 fully saturated rings. The molecule has 1 spiro atoms. The molecule has 6 heteroatoms. The van der Waals surface area contributed by atoms with Gasteiger partial charge in [-0.25, -0.2) is 4.79 Å². The van der Waals surface area contributed by atoms with Gasteiger partial charge in [-0.1, -0.05) is 11.6 Å². The van der Waals surface area contributed by atoms with Crippen molar-refractivity contribution in [3.63, 3.8) is 0 Å². The number of hydrogen-bond donors (Lipinski definition) is 2. The van der Waals surface area contributed by atoms with Crippen LogP contribution in [0.25, 0.3) is 0 Å². The third kappa shape index (κ3) is 1.89. The monoisotopic (exact) mass is 305 g/mol. The van der Waals surface area contributed by atoms with Crippen LogP contribution in [-0.4, -0.2) is 29.9 Å². The van der Waals surface area contributed by atoms with Gasteiger partial charge in [0.1, 0.15) is 5.76 Å². The number of aryl methyl sites for hydroxylation is 2. The average Bonchev–Trinajstić information content (AvgIpc) is 2.99. The fourth-order valence-corrected chi connectivity index (χ4v) is 4.57. The fraction of sp³-hybridized carbons (Fsp3) is 0.750. The van der Waals surface area contributed by atoms with Crippen molar-refractivity contribution < 1.29 is 14.1 Å². The number of hydrogen-bond acceptors (Lipinski definition) is 4. The van der Waals surface area contributed by atoms with Crippen LogP contribution in [0.2, 0.25) is 0 Å². The highest BCUT2D eigenvalue weighted by Gasteiger charge is 2.66. The highest BCUT2D eigenvalue weighted by Crippen LogP contribution is 2.62. The van der Waals surface area contributed by atoms with Gasteiger partial charge < -0.3 is 19.9 Å². The van der Waals surface area contributed by atoms with E-state index in [0.29, 0.717) is 18.6 Å². The third-order valence-corrected chi connectivity index (χ3v) is 5.93. The number of carbonyl (C=O) groups excluding carboxylic acids is 1. The van der Waals surface area contributed by atoms with Gasteiger partial charge in [-0.05, 0) is 33.1 Å². The lowest BCUT2D eigenvalue weighted by atomic mass is 9.46. The number of aromatic nitrogens is 1. The van der Waals surface area contributed by atoms with Crippen LogP contribution < -0.4 is 10.6 Å². The van der Waals surface area contributed by atoms with Crippen molar-refractivity contribution in [2.75, 3.05) is 6.61 Å². The van der Waals surface area contributed by atoms with E-state index in [1.807, 2.05) is 13.8 Å². The van der Waals surface area contributed by atoms with Crippen LogP contribution in [0, 0.1) is 25.2 Å². The molecule has 1 saturated heterocycles. The maximum absolute atomic E-state index is 12.3. The highest BCUT2D eigenvalue weighted by molar-refractivity contribution is 5.74. The summed E-state index contributed by atoms with van der Waals surface area (Å²) in [6, 6.07) is 0.181. The Balaban J connectivity index is 1.36. The van der Waals surface area contributed by atoms with Gasteiger partial charge in [0.2, 0.25) is 0 Å². The molecular formula is C16H23N3O3. The largest absolute Gasteiger partial charge is 0.377 e. The topological polar surface area (TPSA) is 76.4 Å². The van der Waals surface area contributed by atoms with Gasteiger partial charge in [-0.15, -0.1) is 0 Å². The molecule has 22 heavy (non-hydrogen) atoms. The van der Waals surface area contributed by atoms with Crippen molar-refractivity contribution in [1.29, 1.82) is 0 Å². The number of rotatable bonds is 3. The van der Waals surface area contributed by atoms with Gasteiger partial charge in [0.15, 0.2) is 0 Å². The second-order valence-electron chi connectivity index (χ2n) is 6.94. The summed E-state index contributed by atoms with van der Waals surface area (Å²) in [5.41, 5.74) is 2.02. The maximum atomic E-state index is 12.3. The zero-order chi connectivity index (χ0) is 15.3. The summed E-state index contributed by atoms with van der Waals surface area (Å²) >= 11 is 0. The molecule has 2 saturated carbocycles. The molecular weight excluding hydrogens is 282 g/mol. The molecule has 1 aromatic heterocycles. The molecule has 0 radical (unpaired) electrons. The normalized spacial score (nSPS) is 31.3. The molecule has 2 N–H and O–H groups in total. The Bertz CT molecular complexity index is 574. The molecule has 0 unspecified atom stereocenters. The number of nitrogens with one attached hydrogen (secondary N) is 2. The molecule has 3 atom stereocenters. The van der Waals surface area contributed by atoms with E-state index in [1.54, 1.807) is 0 Å². The standard InChI is InChI=1S/C16H23N3O3/c1-9-12(10(2)22-19-9)8-17-15(20)18-13-11-4-7-21-14(11)16(13)5-3-6-16/h11,13-14H,3-8H2,1-2H3,(H2,17,18,20)/t11-,13-,14-/m1/s1. The number of urea groups is 1. The van der Waals surface area contributed by atoms with Crippen LogP contribution in [0.4, 0.5) is 4.79 Å². The molecule has 6 nitrogen and oxygen atoms in total. The molecule has 2 aliphatic carbocycles. The fourth-order valence-electron chi connectivity index (χ4n) is 4.57. The van der Waals surface area contributed by atoms with Crippen LogP contribution >= 0.6 is 0 Å². The lowest BCUT2D eigenvalue weighted by Gasteiger charge is -2.63. The van der Waals surface area contributed by atoms with E-state index in [2.05, 4.69) is 15.8 Å². The van der Waals surface area contributed by atoms with Gasteiger partial charge in [0.05, 0.1) is 11.8 Å². The lowest BCUT2D eigenvalue weighted by Crippen LogP contribution is -2.72. The van der Waals surface area contributed by atoms with E-state index in [9.17, 15) is 4.79 Å². The third-order valence-electron chi connectivity index (χ3n) is 5.93. The van der Waals surface area contributed by atoms with Gasteiger partial charge in [-0.3, -0.25) is 0 Å². The number of amides is 2. The van der Waals surface area contributed by atoms with Crippen molar-refractivity contribution >= 4 is 6.03 Å². The number of carbonyl (C=O) groups is 1.